The van der Waals surface area contributed by atoms with Crippen LogP contribution in [0.2, 0.25) is 0 Å². The van der Waals surface area contributed by atoms with Crippen LogP contribution in [0.25, 0.3) is 0 Å². The van der Waals surface area contributed by atoms with E-state index in [9.17, 15) is 45.6 Å². The van der Waals surface area contributed by atoms with Gasteiger partial charge in [0, 0.05) is 6.42 Å². The molecule has 14 heteroatoms. The second-order valence-electron chi connectivity index (χ2n) is 20.0. The monoisotopic (exact) mass is 1030 g/mol. The molecule has 2 fully saturated rings. The zero-order valence-corrected chi connectivity index (χ0v) is 45.1. The van der Waals surface area contributed by atoms with Crippen molar-refractivity contribution in [3.05, 3.63) is 72.9 Å². The summed E-state index contributed by atoms with van der Waals surface area (Å²) in [6.45, 7) is 2.64. The second kappa shape index (κ2) is 44.5. The van der Waals surface area contributed by atoms with Crippen molar-refractivity contribution in [3.63, 3.8) is 0 Å². The SMILES string of the molecule is CC/C=C\C/C=C\C/C=C\CCCCCCCC(=O)NC(COC1OC(CO)C(OC2OC(CO)C(O)C(O)C2O)C(O)C1O)C(O)/C=C/CC/C=C/CC/C=C/CCCCCCCCCCCCCCCC. The van der Waals surface area contributed by atoms with Crippen molar-refractivity contribution in [1.82, 2.24) is 5.32 Å². The molecule has 14 nitrogen and oxygen atoms in total. The van der Waals surface area contributed by atoms with E-state index in [0.29, 0.717) is 12.8 Å². The third kappa shape index (κ3) is 30.7. The highest BCUT2D eigenvalue weighted by Crippen LogP contribution is 2.30. The van der Waals surface area contributed by atoms with E-state index in [2.05, 4.69) is 79.9 Å². The summed E-state index contributed by atoms with van der Waals surface area (Å²) < 4.78 is 22.7. The van der Waals surface area contributed by atoms with E-state index in [-0.39, 0.29) is 18.9 Å². The van der Waals surface area contributed by atoms with Crippen LogP contribution in [0, 0.1) is 0 Å². The summed E-state index contributed by atoms with van der Waals surface area (Å²) in [4.78, 5) is 13.2. The van der Waals surface area contributed by atoms with Crippen LogP contribution in [0.3, 0.4) is 0 Å². The summed E-state index contributed by atoms with van der Waals surface area (Å²) in [5.41, 5.74) is 0. The highest BCUT2D eigenvalue weighted by molar-refractivity contribution is 5.76. The maximum absolute atomic E-state index is 13.2. The fourth-order valence-corrected chi connectivity index (χ4v) is 8.98. The lowest BCUT2D eigenvalue weighted by atomic mass is 9.97. The zero-order chi connectivity index (χ0) is 53.2. The Balaban J connectivity index is 1.81. The van der Waals surface area contributed by atoms with Crippen LogP contribution in [-0.2, 0) is 23.7 Å². The number of aliphatic hydroxyl groups excluding tert-OH is 8. The van der Waals surface area contributed by atoms with Crippen molar-refractivity contribution < 1.29 is 64.6 Å². The molecular formula is C59H103NO13. The second-order valence-corrected chi connectivity index (χ2v) is 20.0. The number of amides is 1. The van der Waals surface area contributed by atoms with Gasteiger partial charge in [0.05, 0.1) is 32.0 Å². The molecule has 12 unspecified atom stereocenters. The Bertz CT molecular complexity index is 1500. The van der Waals surface area contributed by atoms with Crippen molar-refractivity contribution in [2.75, 3.05) is 19.8 Å². The van der Waals surface area contributed by atoms with E-state index in [4.69, 9.17) is 18.9 Å². The number of hydrogen-bond donors (Lipinski definition) is 9. The van der Waals surface area contributed by atoms with Crippen LogP contribution in [0.5, 0.6) is 0 Å². The van der Waals surface area contributed by atoms with E-state index in [1.165, 1.54) is 89.9 Å². The van der Waals surface area contributed by atoms with Gasteiger partial charge in [-0.2, -0.15) is 0 Å². The number of nitrogens with one attached hydrogen (secondary N) is 1. The lowest BCUT2D eigenvalue weighted by Crippen LogP contribution is -2.65. The van der Waals surface area contributed by atoms with Gasteiger partial charge in [-0.3, -0.25) is 4.79 Å². The average Bonchev–Trinajstić information content (AvgIpc) is 3.39. The Morgan fingerprint density at radius 2 is 0.959 bits per heavy atom. The first-order valence-corrected chi connectivity index (χ1v) is 28.7. The number of aliphatic hydroxyl groups is 8. The van der Waals surface area contributed by atoms with Gasteiger partial charge in [0.25, 0.3) is 0 Å². The molecule has 0 aliphatic carbocycles. The summed E-state index contributed by atoms with van der Waals surface area (Å²) in [5.74, 6) is -0.273. The quantitative estimate of drug-likeness (QED) is 0.0205. The van der Waals surface area contributed by atoms with Crippen LogP contribution in [0.15, 0.2) is 72.9 Å². The molecule has 422 valence electrons. The Morgan fingerprint density at radius 3 is 1.51 bits per heavy atom. The number of rotatable bonds is 44. The number of carbonyl (C=O) groups excluding carboxylic acids is 1. The third-order valence-corrected chi connectivity index (χ3v) is 13.6. The number of allylic oxidation sites excluding steroid dienone is 11. The van der Waals surface area contributed by atoms with Gasteiger partial charge < -0.3 is 65.1 Å². The molecule has 0 saturated carbocycles. The van der Waals surface area contributed by atoms with Crippen molar-refractivity contribution in [2.24, 2.45) is 0 Å². The lowest BCUT2D eigenvalue weighted by molar-refractivity contribution is -0.359. The Kier molecular flexibility index (Phi) is 40.6. The minimum absolute atomic E-state index is 0.247. The van der Waals surface area contributed by atoms with Gasteiger partial charge in [-0.1, -0.05) is 189 Å². The maximum Gasteiger partial charge on any atom is 0.220 e. The Hall–Kier alpha value is -2.57. The van der Waals surface area contributed by atoms with Crippen molar-refractivity contribution in [2.45, 2.75) is 274 Å². The molecule has 73 heavy (non-hydrogen) atoms. The molecule has 2 saturated heterocycles. The van der Waals surface area contributed by atoms with E-state index in [0.717, 1.165) is 77.0 Å². The topological polar surface area (TPSA) is 228 Å². The summed E-state index contributed by atoms with van der Waals surface area (Å²) >= 11 is 0. The highest BCUT2D eigenvalue weighted by atomic mass is 16.7. The van der Waals surface area contributed by atoms with E-state index in [1.54, 1.807) is 6.08 Å². The van der Waals surface area contributed by atoms with Gasteiger partial charge in [0.1, 0.15) is 48.8 Å². The fraction of sp³-hybridized carbons (Fsp3) is 0.780. The van der Waals surface area contributed by atoms with Crippen molar-refractivity contribution >= 4 is 5.91 Å². The maximum atomic E-state index is 13.2. The largest absolute Gasteiger partial charge is 0.394 e. The number of carbonyl (C=O) groups is 1. The van der Waals surface area contributed by atoms with Crippen LogP contribution >= 0.6 is 0 Å². The molecule has 0 aromatic carbocycles. The minimum Gasteiger partial charge on any atom is -0.394 e. The van der Waals surface area contributed by atoms with Gasteiger partial charge in [-0.05, 0) is 77.0 Å². The molecule has 0 radical (unpaired) electrons. The van der Waals surface area contributed by atoms with E-state index >= 15 is 0 Å². The first-order chi connectivity index (χ1) is 35.6. The molecule has 1 amide bonds. The first-order valence-electron chi connectivity index (χ1n) is 28.7. The molecular weight excluding hydrogens is 931 g/mol. The van der Waals surface area contributed by atoms with Gasteiger partial charge in [0.15, 0.2) is 12.6 Å². The normalized spacial score (nSPS) is 25.9. The molecule has 0 spiro atoms. The molecule has 2 heterocycles. The van der Waals surface area contributed by atoms with Crippen molar-refractivity contribution in [3.8, 4) is 0 Å². The summed E-state index contributed by atoms with van der Waals surface area (Å²) in [7, 11) is 0. The third-order valence-electron chi connectivity index (χ3n) is 13.6. The molecule has 0 aromatic heterocycles. The molecule has 2 rings (SSSR count). The molecule has 12 atom stereocenters. The summed E-state index contributed by atoms with van der Waals surface area (Å²) in [6, 6.07) is -0.950. The Labute approximate surface area is 440 Å². The molecule has 2 aliphatic rings. The molecule has 2 aliphatic heterocycles. The molecule has 0 bridgehead atoms. The van der Waals surface area contributed by atoms with Crippen LogP contribution < -0.4 is 5.32 Å². The van der Waals surface area contributed by atoms with Gasteiger partial charge in [-0.25, -0.2) is 0 Å². The predicted octanol–water partition coefficient (Wildman–Crippen LogP) is 9.16. The number of ether oxygens (including phenoxy) is 4. The first kappa shape index (κ1) is 66.5. The summed E-state index contributed by atoms with van der Waals surface area (Å²) in [5, 5.41) is 86.9. The van der Waals surface area contributed by atoms with Gasteiger partial charge >= 0.3 is 0 Å². The van der Waals surface area contributed by atoms with Gasteiger partial charge in [0.2, 0.25) is 5.91 Å². The number of unbranched alkanes of at least 4 members (excludes halogenated alkanes) is 21. The molecule has 9 N–H and O–H groups in total. The zero-order valence-electron chi connectivity index (χ0n) is 45.1. The average molecular weight is 1030 g/mol. The smallest absolute Gasteiger partial charge is 0.220 e. The predicted molar refractivity (Wildman–Crippen MR) is 290 cm³/mol. The standard InChI is InChI=1S/C59H103NO13/c1-3-5-7-9-11-13-15-17-19-20-21-22-23-24-25-26-27-29-30-32-34-36-38-40-42-48(63)47(60-51(64)43-41-39-37-35-33-31-28-18-16-14-12-10-8-6-4-2)46-70-58-56(69)54(67)57(50(45-62)72-58)73-59-55(68)53(66)52(65)49(44-61)71-59/h6,8,12,14,18,26-28,32,34,40,42,47-50,52-59,61-63,65-69H,3-5,7,9-11,13,15-17,19-25,29-31,33,35-39,41,43-46H2,1-2H3,(H,60,64)/b8-6-,14-12-,27-26+,28-18-,34-32+,42-40+. The van der Waals surface area contributed by atoms with Crippen LogP contribution in [-0.4, -0.2) is 140 Å². The van der Waals surface area contributed by atoms with Crippen molar-refractivity contribution in [1.29, 1.82) is 0 Å². The Morgan fingerprint density at radius 1 is 0.507 bits per heavy atom. The fourth-order valence-electron chi connectivity index (χ4n) is 8.98. The molecule has 0 aromatic rings. The van der Waals surface area contributed by atoms with E-state index in [1.807, 2.05) is 6.08 Å². The minimum atomic E-state index is -1.80. The summed E-state index contributed by atoms with van der Waals surface area (Å²) in [6.07, 6.45) is 40.9. The van der Waals surface area contributed by atoms with Crippen LogP contribution in [0.4, 0.5) is 0 Å². The van der Waals surface area contributed by atoms with E-state index < -0.39 is 86.8 Å². The van der Waals surface area contributed by atoms with Crippen LogP contribution in [0.1, 0.15) is 200 Å². The van der Waals surface area contributed by atoms with Gasteiger partial charge in [-0.15, -0.1) is 0 Å². The highest BCUT2D eigenvalue weighted by Gasteiger charge is 2.51. The lowest BCUT2D eigenvalue weighted by Gasteiger charge is -2.46. The number of hydrogen-bond acceptors (Lipinski definition) is 13.